The Bertz CT molecular complexity index is 445. The van der Waals surface area contributed by atoms with Crippen LogP contribution in [0, 0.1) is 0 Å². The van der Waals surface area contributed by atoms with Crippen LogP contribution in [0.25, 0.3) is 0 Å². The van der Waals surface area contributed by atoms with Gasteiger partial charge >= 0.3 is 0 Å². The fourth-order valence-corrected chi connectivity index (χ4v) is 2.28. The van der Waals surface area contributed by atoms with Gasteiger partial charge in [-0.15, -0.1) is 0 Å². The van der Waals surface area contributed by atoms with Crippen LogP contribution in [-0.4, -0.2) is 50.0 Å². The van der Waals surface area contributed by atoms with Gasteiger partial charge < -0.3 is 22.5 Å². The Balaban J connectivity index is 1.82. The van der Waals surface area contributed by atoms with Gasteiger partial charge in [0.15, 0.2) is 0 Å². The van der Waals surface area contributed by atoms with E-state index in [9.17, 15) is 4.79 Å². The van der Waals surface area contributed by atoms with Crippen LogP contribution in [0.4, 0.5) is 5.69 Å². The molecule has 0 bridgehead atoms. The van der Waals surface area contributed by atoms with Crippen LogP contribution in [0.1, 0.15) is 12.8 Å². The Labute approximate surface area is 170 Å². The van der Waals surface area contributed by atoms with Crippen molar-refractivity contribution in [2.24, 2.45) is 0 Å². The number of hydrogen-bond acceptors (Lipinski definition) is 6. The Kier molecular flexibility index (Phi) is 13.8. The van der Waals surface area contributed by atoms with E-state index >= 15 is 0 Å². The predicted octanol–water partition coefficient (Wildman–Crippen LogP) is 3.62. The van der Waals surface area contributed by atoms with Crippen LogP contribution in [0.3, 0.4) is 0 Å². The van der Waals surface area contributed by atoms with Crippen molar-refractivity contribution in [3.05, 3.63) is 24.3 Å². The maximum atomic E-state index is 10.6. The molecule has 0 fully saturated rings. The number of carbonyl (C=O) groups excluding carboxylic acids is 1. The molecule has 0 amide bonds. The SMILES string of the molecule is O=C(I)COCCOCCOCCCCOc1ccc(NI)cc1. The Morgan fingerprint density at radius 2 is 1.46 bits per heavy atom. The standard InChI is InChI=1S/C16H23I2NO5/c17-16(20)13-23-12-11-22-10-9-21-7-1-2-8-24-15-5-3-14(19-18)4-6-15/h3-6,19H,1-2,7-13H2. The molecule has 0 spiro atoms. The Hall–Kier alpha value is -0.170. The number of rotatable bonds is 15. The number of benzene rings is 1. The van der Waals surface area contributed by atoms with E-state index in [0.29, 0.717) is 39.6 Å². The molecule has 0 saturated carbocycles. The lowest BCUT2D eigenvalue weighted by Crippen LogP contribution is -2.11. The van der Waals surface area contributed by atoms with Gasteiger partial charge in [-0.05, 0) is 37.1 Å². The quantitative estimate of drug-likeness (QED) is 0.152. The highest BCUT2D eigenvalue weighted by molar-refractivity contribution is 14.1. The average Bonchev–Trinajstić information content (AvgIpc) is 2.59. The molecule has 0 aliphatic rings. The zero-order chi connectivity index (χ0) is 17.5. The highest BCUT2D eigenvalue weighted by atomic mass is 127. The fraction of sp³-hybridized carbons (Fsp3) is 0.562. The molecule has 0 aliphatic carbocycles. The van der Waals surface area contributed by atoms with Crippen molar-refractivity contribution < 1.29 is 23.7 Å². The van der Waals surface area contributed by atoms with Gasteiger partial charge in [0, 0.05) is 34.9 Å². The molecule has 1 aromatic carbocycles. The van der Waals surface area contributed by atoms with Gasteiger partial charge in [-0.2, -0.15) is 0 Å². The molecule has 8 heteroatoms. The first kappa shape index (κ1) is 21.9. The largest absolute Gasteiger partial charge is 0.494 e. The van der Waals surface area contributed by atoms with E-state index in [2.05, 4.69) is 26.4 Å². The highest BCUT2D eigenvalue weighted by Gasteiger charge is 1.97. The summed E-state index contributed by atoms with van der Waals surface area (Å²) in [5.74, 6) is 0.881. The third-order valence-electron chi connectivity index (χ3n) is 2.87. The molecular formula is C16H23I2NO5. The van der Waals surface area contributed by atoms with E-state index in [4.69, 9.17) is 18.9 Å². The molecule has 1 aromatic rings. The lowest BCUT2D eigenvalue weighted by molar-refractivity contribution is -0.114. The zero-order valence-corrected chi connectivity index (χ0v) is 17.8. The summed E-state index contributed by atoms with van der Waals surface area (Å²) in [5.41, 5.74) is 1.06. The zero-order valence-electron chi connectivity index (χ0n) is 13.5. The molecule has 0 radical (unpaired) electrons. The molecule has 0 saturated heterocycles. The van der Waals surface area contributed by atoms with Crippen LogP contribution in [0.2, 0.25) is 0 Å². The summed E-state index contributed by atoms with van der Waals surface area (Å²) in [4.78, 5) is 10.6. The van der Waals surface area contributed by atoms with Crippen molar-refractivity contribution in [2.45, 2.75) is 12.8 Å². The number of unbranched alkanes of at least 4 members (excludes halogenated alkanes) is 1. The number of ether oxygens (including phenoxy) is 4. The van der Waals surface area contributed by atoms with Gasteiger partial charge in [-0.1, -0.05) is 0 Å². The number of nitrogens with one attached hydrogen (secondary N) is 1. The first-order valence-electron chi connectivity index (χ1n) is 7.73. The summed E-state index contributed by atoms with van der Waals surface area (Å²) in [6, 6.07) is 7.87. The number of hydrogen-bond donors (Lipinski definition) is 1. The molecule has 0 atom stereocenters. The topological polar surface area (TPSA) is 66.0 Å². The predicted molar refractivity (Wildman–Crippen MR) is 110 cm³/mol. The number of carbonyl (C=O) groups is 1. The fourth-order valence-electron chi connectivity index (χ4n) is 1.70. The first-order valence-corrected chi connectivity index (χ1v) is 9.89. The minimum absolute atomic E-state index is 0.00503. The number of halogens is 2. The normalized spacial score (nSPS) is 10.6. The molecule has 6 nitrogen and oxygen atoms in total. The van der Waals surface area contributed by atoms with Crippen molar-refractivity contribution in [3.63, 3.8) is 0 Å². The van der Waals surface area contributed by atoms with Gasteiger partial charge in [0.25, 0.3) is 0 Å². The van der Waals surface area contributed by atoms with Crippen LogP contribution >= 0.6 is 45.5 Å². The van der Waals surface area contributed by atoms with Crippen LogP contribution in [-0.2, 0) is 19.0 Å². The third kappa shape index (κ3) is 12.2. The van der Waals surface area contributed by atoms with E-state index in [1.807, 2.05) is 24.3 Å². The monoisotopic (exact) mass is 563 g/mol. The van der Waals surface area contributed by atoms with Gasteiger partial charge in [0.1, 0.15) is 12.4 Å². The summed E-state index contributed by atoms with van der Waals surface area (Å²) in [5, 5.41) is 0. The lowest BCUT2D eigenvalue weighted by Gasteiger charge is -2.08. The van der Waals surface area contributed by atoms with Gasteiger partial charge in [-0.25, -0.2) is 0 Å². The van der Waals surface area contributed by atoms with E-state index in [-0.39, 0.29) is 10.4 Å². The first-order chi connectivity index (χ1) is 11.7. The third-order valence-corrected chi connectivity index (χ3v) is 3.81. The Morgan fingerprint density at radius 3 is 2.08 bits per heavy atom. The van der Waals surface area contributed by atoms with Crippen molar-refractivity contribution in [3.8, 4) is 5.75 Å². The van der Waals surface area contributed by atoms with Crippen molar-refractivity contribution in [1.82, 2.24) is 0 Å². The summed E-state index contributed by atoms with van der Waals surface area (Å²) in [6.07, 6.45) is 1.90. The van der Waals surface area contributed by atoms with Crippen LogP contribution < -0.4 is 8.27 Å². The molecule has 0 aliphatic heterocycles. The van der Waals surface area contributed by atoms with E-state index < -0.39 is 0 Å². The maximum absolute atomic E-state index is 10.6. The summed E-state index contributed by atoms with van der Waals surface area (Å²) >= 11 is 3.80. The van der Waals surface area contributed by atoms with Crippen molar-refractivity contribution in [1.29, 1.82) is 0 Å². The van der Waals surface area contributed by atoms with Crippen LogP contribution in [0.5, 0.6) is 5.75 Å². The second-order valence-corrected chi connectivity index (χ2v) is 6.55. The van der Waals surface area contributed by atoms with E-state index in [1.165, 1.54) is 0 Å². The highest BCUT2D eigenvalue weighted by Crippen LogP contribution is 2.16. The van der Waals surface area contributed by atoms with Gasteiger partial charge in [-0.3, -0.25) is 4.79 Å². The van der Waals surface area contributed by atoms with Crippen LogP contribution in [0.15, 0.2) is 24.3 Å². The average molecular weight is 563 g/mol. The molecule has 1 N–H and O–H groups in total. The molecule has 0 unspecified atom stereocenters. The molecule has 136 valence electrons. The summed E-state index contributed by atoms with van der Waals surface area (Å²) in [6.45, 7) is 3.54. The van der Waals surface area contributed by atoms with Crippen molar-refractivity contribution in [2.75, 3.05) is 49.8 Å². The molecule has 0 aromatic heterocycles. The number of anilines is 1. The maximum Gasteiger partial charge on any atom is 0.217 e. The summed E-state index contributed by atoms with van der Waals surface area (Å²) in [7, 11) is 0. The molecule has 24 heavy (non-hydrogen) atoms. The second-order valence-electron chi connectivity index (χ2n) is 4.81. The lowest BCUT2D eigenvalue weighted by atomic mass is 10.3. The molecule has 0 heterocycles. The minimum Gasteiger partial charge on any atom is -0.494 e. The van der Waals surface area contributed by atoms with E-state index in [1.54, 1.807) is 22.6 Å². The Morgan fingerprint density at radius 1 is 0.875 bits per heavy atom. The smallest absolute Gasteiger partial charge is 0.217 e. The van der Waals surface area contributed by atoms with Crippen molar-refractivity contribution >= 4 is 54.9 Å². The van der Waals surface area contributed by atoms with Gasteiger partial charge in [0.05, 0.1) is 55.9 Å². The minimum atomic E-state index is -0.00503. The van der Waals surface area contributed by atoms with Gasteiger partial charge in [0.2, 0.25) is 3.79 Å². The second kappa shape index (κ2) is 15.1. The molecule has 1 rings (SSSR count). The molecular weight excluding hydrogens is 540 g/mol. The van der Waals surface area contributed by atoms with E-state index in [0.717, 1.165) is 24.3 Å². The summed E-state index contributed by atoms with van der Waals surface area (Å²) < 4.78 is 24.6.